The second-order valence-electron chi connectivity index (χ2n) is 2.69. The molecule has 2 aromatic rings. The van der Waals surface area contributed by atoms with Crippen molar-refractivity contribution in [2.24, 2.45) is 0 Å². The van der Waals surface area contributed by atoms with Crippen molar-refractivity contribution in [2.45, 2.75) is 0 Å². The molecule has 2 rings (SSSR count). The summed E-state index contributed by atoms with van der Waals surface area (Å²) in [5.74, 6) is -0.516. The van der Waals surface area contributed by atoms with Crippen LogP contribution < -0.4 is 0 Å². The summed E-state index contributed by atoms with van der Waals surface area (Å²) in [6, 6.07) is 8.67. The van der Waals surface area contributed by atoms with Crippen LogP contribution in [0.1, 0.15) is 0 Å². The summed E-state index contributed by atoms with van der Waals surface area (Å²) in [5.41, 5.74) is 0.999. The molecule has 0 saturated carbocycles. The van der Waals surface area contributed by atoms with Gasteiger partial charge in [-0.05, 0) is 40.2 Å². The first kappa shape index (κ1) is 9.27. The van der Waals surface area contributed by atoms with Crippen LogP contribution in [0, 0.1) is 5.95 Å². The molecule has 0 aromatic carbocycles. The average Bonchev–Trinajstić information content (AvgIpc) is 2.19. The maximum Gasteiger partial charge on any atom is 0.223 e. The van der Waals surface area contributed by atoms with Crippen LogP contribution in [0.15, 0.2) is 41.1 Å². The van der Waals surface area contributed by atoms with Crippen LogP contribution in [0.3, 0.4) is 0 Å². The molecule has 2 nitrogen and oxygen atoms in total. The fourth-order valence-corrected chi connectivity index (χ4v) is 1.41. The Hall–Kier alpha value is -1.29. The molecule has 0 spiro atoms. The molecule has 0 bridgehead atoms. The first-order chi connectivity index (χ1) is 6.77. The number of aromatic nitrogens is 2. The van der Waals surface area contributed by atoms with E-state index in [4.69, 9.17) is 0 Å². The molecule has 0 aliphatic rings. The van der Waals surface area contributed by atoms with Crippen LogP contribution in [0.5, 0.6) is 0 Å². The van der Waals surface area contributed by atoms with E-state index in [0.29, 0.717) is 15.9 Å². The molecule has 14 heavy (non-hydrogen) atoms. The number of pyridine rings is 2. The minimum Gasteiger partial charge on any atom is -0.256 e. The molecular formula is C10H6BrFN2. The second kappa shape index (κ2) is 3.84. The SMILES string of the molecule is Fc1nc(Br)ccc1-c1ccccn1. The standard InChI is InChI=1S/C10H6BrFN2/c11-9-5-4-7(10(12)14-9)8-3-1-2-6-13-8/h1-6H. The normalized spacial score (nSPS) is 10.1. The topological polar surface area (TPSA) is 25.8 Å². The molecule has 4 heteroatoms. The van der Waals surface area contributed by atoms with Gasteiger partial charge < -0.3 is 0 Å². The van der Waals surface area contributed by atoms with Gasteiger partial charge in [-0.15, -0.1) is 0 Å². The number of hydrogen-bond donors (Lipinski definition) is 0. The summed E-state index contributed by atoms with van der Waals surface area (Å²) >= 11 is 3.10. The zero-order chi connectivity index (χ0) is 9.97. The maximum atomic E-state index is 13.4. The molecule has 0 radical (unpaired) electrons. The zero-order valence-corrected chi connectivity index (χ0v) is 8.70. The molecule has 0 fully saturated rings. The van der Waals surface area contributed by atoms with Gasteiger partial charge in [-0.3, -0.25) is 4.98 Å². The van der Waals surface area contributed by atoms with Gasteiger partial charge in [0.05, 0.1) is 11.3 Å². The smallest absolute Gasteiger partial charge is 0.223 e. The number of nitrogens with zero attached hydrogens (tertiary/aromatic N) is 2. The van der Waals surface area contributed by atoms with Crippen LogP contribution in [0.4, 0.5) is 4.39 Å². The summed E-state index contributed by atoms with van der Waals surface area (Å²) in [6.07, 6.45) is 1.62. The van der Waals surface area contributed by atoms with Gasteiger partial charge in [-0.25, -0.2) is 4.98 Å². The van der Waals surface area contributed by atoms with Crippen LogP contribution >= 0.6 is 15.9 Å². The molecule has 0 aliphatic carbocycles. The van der Waals surface area contributed by atoms with Crippen LogP contribution in [0.25, 0.3) is 11.3 Å². The predicted molar refractivity (Wildman–Crippen MR) is 55.1 cm³/mol. The van der Waals surface area contributed by atoms with E-state index in [1.54, 1.807) is 30.5 Å². The van der Waals surface area contributed by atoms with E-state index in [-0.39, 0.29) is 0 Å². The maximum absolute atomic E-state index is 13.4. The van der Waals surface area contributed by atoms with Crippen molar-refractivity contribution >= 4 is 15.9 Å². The number of halogens is 2. The van der Waals surface area contributed by atoms with Gasteiger partial charge >= 0.3 is 0 Å². The lowest BCUT2D eigenvalue weighted by molar-refractivity contribution is 0.584. The highest BCUT2D eigenvalue weighted by Crippen LogP contribution is 2.20. The molecule has 0 unspecified atom stereocenters. The lowest BCUT2D eigenvalue weighted by Crippen LogP contribution is -1.90. The molecule has 0 atom stereocenters. The number of rotatable bonds is 1. The third kappa shape index (κ3) is 1.80. The van der Waals surface area contributed by atoms with Gasteiger partial charge in [0, 0.05) is 6.20 Å². The van der Waals surface area contributed by atoms with Gasteiger partial charge in [0.15, 0.2) is 0 Å². The van der Waals surface area contributed by atoms with E-state index in [2.05, 4.69) is 25.9 Å². The van der Waals surface area contributed by atoms with E-state index in [0.717, 1.165) is 0 Å². The van der Waals surface area contributed by atoms with E-state index < -0.39 is 5.95 Å². The van der Waals surface area contributed by atoms with Crippen molar-refractivity contribution < 1.29 is 4.39 Å². The first-order valence-electron chi connectivity index (χ1n) is 4.01. The fourth-order valence-electron chi connectivity index (χ4n) is 1.13. The van der Waals surface area contributed by atoms with Gasteiger partial charge in [0.2, 0.25) is 5.95 Å². The lowest BCUT2D eigenvalue weighted by atomic mass is 10.2. The Morgan fingerprint density at radius 3 is 2.64 bits per heavy atom. The first-order valence-corrected chi connectivity index (χ1v) is 4.80. The molecule has 0 amide bonds. The highest BCUT2D eigenvalue weighted by atomic mass is 79.9. The highest BCUT2D eigenvalue weighted by Gasteiger charge is 2.06. The van der Waals surface area contributed by atoms with Crippen LogP contribution in [-0.2, 0) is 0 Å². The summed E-state index contributed by atoms with van der Waals surface area (Å²) < 4.78 is 13.8. The monoisotopic (exact) mass is 252 g/mol. The van der Waals surface area contributed by atoms with Crippen molar-refractivity contribution in [3.63, 3.8) is 0 Å². The Labute approximate surface area is 89.0 Å². The predicted octanol–water partition coefficient (Wildman–Crippen LogP) is 3.05. The van der Waals surface area contributed by atoms with Gasteiger partial charge in [0.1, 0.15) is 4.60 Å². The van der Waals surface area contributed by atoms with Gasteiger partial charge in [0.25, 0.3) is 0 Å². The van der Waals surface area contributed by atoms with Crippen LogP contribution in [-0.4, -0.2) is 9.97 Å². The third-order valence-electron chi connectivity index (χ3n) is 1.76. The van der Waals surface area contributed by atoms with Crippen molar-refractivity contribution in [3.05, 3.63) is 47.1 Å². The Morgan fingerprint density at radius 1 is 1.14 bits per heavy atom. The average molecular weight is 253 g/mol. The minimum absolute atomic E-state index is 0.411. The number of hydrogen-bond acceptors (Lipinski definition) is 2. The summed E-state index contributed by atoms with van der Waals surface area (Å²) in [5, 5.41) is 0. The van der Waals surface area contributed by atoms with Crippen molar-refractivity contribution in [1.29, 1.82) is 0 Å². The summed E-state index contributed by atoms with van der Waals surface area (Å²) in [4.78, 5) is 7.70. The molecule has 2 aromatic heterocycles. The lowest BCUT2D eigenvalue weighted by Gasteiger charge is -2.00. The van der Waals surface area contributed by atoms with Gasteiger partial charge in [-0.1, -0.05) is 6.07 Å². The molecule has 0 N–H and O–H groups in total. The highest BCUT2D eigenvalue weighted by molar-refractivity contribution is 9.10. The van der Waals surface area contributed by atoms with Crippen LogP contribution in [0.2, 0.25) is 0 Å². The van der Waals surface area contributed by atoms with Gasteiger partial charge in [-0.2, -0.15) is 4.39 Å². The quantitative estimate of drug-likeness (QED) is 0.730. The van der Waals surface area contributed by atoms with Crippen molar-refractivity contribution in [3.8, 4) is 11.3 Å². The Kier molecular flexibility index (Phi) is 2.54. The molecule has 0 saturated heterocycles. The third-order valence-corrected chi connectivity index (χ3v) is 2.20. The second-order valence-corrected chi connectivity index (χ2v) is 3.50. The fraction of sp³-hybridized carbons (Fsp3) is 0. The summed E-state index contributed by atoms with van der Waals surface area (Å²) in [7, 11) is 0. The van der Waals surface area contributed by atoms with E-state index in [1.165, 1.54) is 0 Å². The molecular weight excluding hydrogens is 247 g/mol. The van der Waals surface area contributed by atoms with E-state index in [9.17, 15) is 4.39 Å². The molecule has 2 heterocycles. The largest absolute Gasteiger partial charge is 0.256 e. The summed E-state index contributed by atoms with van der Waals surface area (Å²) in [6.45, 7) is 0. The minimum atomic E-state index is -0.516. The van der Waals surface area contributed by atoms with E-state index in [1.807, 2.05) is 6.07 Å². The van der Waals surface area contributed by atoms with Crippen molar-refractivity contribution in [1.82, 2.24) is 9.97 Å². The molecule has 70 valence electrons. The Balaban J connectivity index is 2.53. The Morgan fingerprint density at radius 2 is 2.00 bits per heavy atom. The Bertz CT molecular complexity index is 445. The van der Waals surface area contributed by atoms with Crippen molar-refractivity contribution in [2.75, 3.05) is 0 Å². The molecule has 0 aliphatic heterocycles. The zero-order valence-electron chi connectivity index (χ0n) is 7.11. The van der Waals surface area contributed by atoms with E-state index >= 15 is 0 Å².